The first-order valence-electron chi connectivity index (χ1n) is 8.68. The van der Waals surface area contributed by atoms with Gasteiger partial charge in [0.15, 0.2) is 6.61 Å². The molecule has 4 nitrogen and oxygen atoms in total. The van der Waals surface area contributed by atoms with E-state index in [0.29, 0.717) is 24.2 Å². The second kappa shape index (κ2) is 7.60. The Kier molecular flexibility index (Phi) is 5.26. The van der Waals surface area contributed by atoms with Gasteiger partial charge in [-0.3, -0.25) is 4.79 Å². The highest BCUT2D eigenvalue weighted by atomic mass is 19.1. The van der Waals surface area contributed by atoms with E-state index in [1.807, 2.05) is 45.0 Å². The minimum Gasteiger partial charge on any atom is -0.484 e. The predicted molar refractivity (Wildman–Crippen MR) is 101 cm³/mol. The van der Waals surface area contributed by atoms with E-state index in [9.17, 15) is 9.18 Å². The molecule has 0 radical (unpaired) electrons. The maximum absolute atomic E-state index is 14.0. The summed E-state index contributed by atoms with van der Waals surface area (Å²) in [4.78, 5) is 15.1. The van der Waals surface area contributed by atoms with Crippen molar-refractivity contribution in [3.05, 3.63) is 64.6 Å². The van der Waals surface area contributed by atoms with Crippen LogP contribution in [-0.4, -0.2) is 24.0 Å². The molecule has 0 saturated carbocycles. The number of aryl methyl sites for hydroxylation is 3. The smallest absolute Gasteiger partial charge is 0.257 e. The molecule has 3 aromatic rings. The lowest BCUT2D eigenvalue weighted by atomic mass is 10.0. The lowest BCUT2D eigenvalue weighted by molar-refractivity contribution is -0.123. The Morgan fingerprint density at radius 2 is 1.85 bits per heavy atom. The Morgan fingerprint density at radius 3 is 2.58 bits per heavy atom. The molecule has 0 spiro atoms. The molecule has 0 aliphatic heterocycles. The van der Waals surface area contributed by atoms with Gasteiger partial charge in [-0.05, 0) is 56.5 Å². The van der Waals surface area contributed by atoms with Crippen molar-refractivity contribution in [3.8, 4) is 5.75 Å². The molecular weight excluding hydrogens is 331 g/mol. The van der Waals surface area contributed by atoms with Crippen molar-refractivity contribution in [1.82, 2.24) is 10.3 Å². The molecule has 2 N–H and O–H groups in total. The van der Waals surface area contributed by atoms with Crippen LogP contribution in [0.4, 0.5) is 4.39 Å². The fourth-order valence-electron chi connectivity index (χ4n) is 3.12. The Labute approximate surface area is 152 Å². The van der Waals surface area contributed by atoms with E-state index in [1.165, 1.54) is 6.07 Å². The number of H-pyrrole nitrogens is 1. The number of fused-ring (bicyclic) bond motifs is 1. The summed E-state index contributed by atoms with van der Waals surface area (Å²) in [5, 5.41) is 3.77. The molecule has 0 bridgehead atoms. The van der Waals surface area contributed by atoms with Gasteiger partial charge in [0.25, 0.3) is 5.91 Å². The van der Waals surface area contributed by atoms with E-state index in [-0.39, 0.29) is 18.3 Å². The molecule has 2 aromatic carbocycles. The van der Waals surface area contributed by atoms with Crippen molar-refractivity contribution < 1.29 is 13.9 Å². The predicted octanol–water partition coefficient (Wildman–Crippen LogP) is 3.97. The molecule has 1 aromatic heterocycles. The first kappa shape index (κ1) is 18.0. The maximum atomic E-state index is 14.0. The number of hydrogen-bond acceptors (Lipinski definition) is 2. The fourth-order valence-corrected chi connectivity index (χ4v) is 3.12. The van der Waals surface area contributed by atoms with Gasteiger partial charge in [0, 0.05) is 17.6 Å². The number of hydrogen-bond donors (Lipinski definition) is 2. The SMILES string of the molecule is Cc1ccc(OCC(=O)NCCc2c(C)[nH]c3c(F)ccc(C)c23)cc1. The number of carbonyl (C=O) groups excluding carboxylic acids is 1. The molecule has 1 heterocycles. The van der Waals surface area contributed by atoms with Gasteiger partial charge in [0.05, 0.1) is 5.52 Å². The molecule has 0 unspecified atom stereocenters. The zero-order chi connectivity index (χ0) is 18.7. The summed E-state index contributed by atoms with van der Waals surface area (Å²) in [6, 6.07) is 10.8. The average Bonchev–Trinajstić information content (AvgIpc) is 2.96. The van der Waals surface area contributed by atoms with Gasteiger partial charge in [0.1, 0.15) is 11.6 Å². The number of carbonyl (C=O) groups is 1. The molecule has 5 heteroatoms. The van der Waals surface area contributed by atoms with Gasteiger partial charge in [-0.25, -0.2) is 4.39 Å². The standard InChI is InChI=1S/C21H23FN2O2/c1-13-4-7-16(8-5-13)26-12-19(25)23-11-10-17-15(3)24-21-18(22)9-6-14(2)20(17)21/h4-9,24H,10-12H2,1-3H3,(H,23,25). The Bertz CT molecular complexity index is 929. The Balaban J connectivity index is 1.57. The molecule has 0 fully saturated rings. The quantitative estimate of drug-likeness (QED) is 0.704. The lowest BCUT2D eigenvalue weighted by Crippen LogP contribution is -2.30. The average molecular weight is 354 g/mol. The Hall–Kier alpha value is -2.82. The van der Waals surface area contributed by atoms with Gasteiger partial charge in [0.2, 0.25) is 0 Å². The fraction of sp³-hybridized carbons (Fsp3) is 0.286. The normalized spacial score (nSPS) is 10.9. The van der Waals surface area contributed by atoms with Crippen LogP contribution in [-0.2, 0) is 11.2 Å². The second-order valence-electron chi connectivity index (χ2n) is 6.54. The van der Waals surface area contributed by atoms with Crippen LogP contribution in [0.5, 0.6) is 5.75 Å². The molecule has 0 aliphatic rings. The van der Waals surface area contributed by atoms with Crippen LogP contribution < -0.4 is 10.1 Å². The molecule has 3 rings (SSSR count). The highest BCUT2D eigenvalue weighted by molar-refractivity contribution is 5.88. The van der Waals surface area contributed by atoms with Crippen LogP contribution in [0.15, 0.2) is 36.4 Å². The molecule has 0 aliphatic carbocycles. The van der Waals surface area contributed by atoms with Crippen LogP contribution in [0, 0.1) is 26.6 Å². The lowest BCUT2D eigenvalue weighted by Gasteiger charge is -2.08. The second-order valence-corrected chi connectivity index (χ2v) is 6.54. The number of aromatic amines is 1. The van der Waals surface area contributed by atoms with Crippen LogP contribution in [0.3, 0.4) is 0 Å². The summed E-state index contributed by atoms with van der Waals surface area (Å²) in [6.07, 6.45) is 0.631. The third-order valence-electron chi connectivity index (χ3n) is 4.52. The topological polar surface area (TPSA) is 54.1 Å². The van der Waals surface area contributed by atoms with E-state index >= 15 is 0 Å². The van der Waals surface area contributed by atoms with Crippen molar-refractivity contribution in [2.45, 2.75) is 27.2 Å². The zero-order valence-corrected chi connectivity index (χ0v) is 15.3. The highest BCUT2D eigenvalue weighted by Crippen LogP contribution is 2.27. The summed E-state index contributed by atoms with van der Waals surface area (Å²) in [5.74, 6) is 0.241. The molecule has 1 amide bonds. The summed E-state index contributed by atoms with van der Waals surface area (Å²) in [7, 11) is 0. The van der Waals surface area contributed by atoms with Gasteiger partial charge in [-0.15, -0.1) is 0 Å². The van der Waals surface area contributed by atoms with E-state index in [2.05, 4.69) is 10.3 Å². The summed E-state index contributed by atoms with van der Waals surface area (Å²) in [6.45, 7) is 6.34. The van der Waals surface area contributed by atoms with Crippen molar-refractivity contribution in [2.24, 2.45) is 0 Å². The van der Waals surface area contributed by atoms with Crippen molar-refractivity contribution in [2.75, 3.05) is 13.2 Å². The zero-order valence-electron chi connectivity index (χ0n) is 15.3. The third-order valence-corrected chi connectivity index (χ3v) is 4.52. The summed E-state index contributed by atoms with van der Waals surface area (Å²) in [5.41, 5.74) is 4.67. The van der Waals surface area contributed by atoms with Crippen molar-refractivity contribution in [3.63, 3.8) is 0 Å². The molecule has 136 valence electrons. The third kappa shape index (κ3) is 3.87. The highest BCUT2D eigenvalue weighted by Gasteiger charge is 2.14. The van der Waals surface area contributed by atoms with E-state index < -0.39 is 0 Å². The first-order chi connectivity index (χ1) is 12.5. The first-order valence-corrected chi connectivity index (χ1v) is 8.68. The van der Waals surface area contributed by atoms with Gasteiger partial charge >= 0.3 is 0 Å². The summed E-state index contributed by atoms with van der Waals surface area (Å²) < 4.78 is 19.5. The largest absolute Gasteiger partial charge is 0.484 e. The Morgan fingerprint density at radius 1 is 1.12 bits per heavy atom. The number of ether oxygens (including phenoxy) is 1. The maximum Gasteiger partial charge on any atom is 0.257 e. The van der Waals surface area contributed by atoms with Crippen LogP contribution in [0.25, 0.3) is 10.9 Å². The van der Waals surface area contributed by atoms with Crippen molar-refractivity contribution >= 4 is 16.8 Å². The monoisotopic (exact) mass is 354 g/mol. The van der Waals surface area contributed by atoms with E-state index in [0.717, 1.165) is 27.8 Å². The number of aromatic nitrogens is 1. The molecule has 26 heavy (non-hydrogen) atoms. The number of benzene rings is 2. The minimum absolute atomic E-state index is 0.0242. The van der Waals surface area contributed by atoms with E-state index in [4.69, 9.17) is 4.74 Å². The molecule has 0 saturated heterocycles. The number of nitrogens with one attached hydrogen (secondary N) is 2. The van der Waals surface area contributed by atoms with Gasteiger partial charge in [-0.2, -0.15) is 0 Å². The van der Waals surface area contributed by atoms with Gasteiger partial charge in [-0.1, -0.05) is 23.8 Å². The minimum atomic E-state index is -0.254. The van der Waals surface area contributed by atoms with Crippen LogP contribution in [0.2, 0.25) is 0 Å². The number of rotatable bonds is 6. The number of halogens is 1. The number of amides is 1. The van der Waals surface area contributed by atoms with Crippen LogP contribution in [0.1, 0.15) is 22.4 Å². The van der Waals surface area contributed by atoms with Crippen LogP contribution >= 0.6 is 0 Å². The molecule has 0 atom stereocenters. The summed E-state index contributed by atoms with van der Waals surface area (Å²) >= 11 is 0. The van der Waals surface area contributed by atoms with Gasteiger partial charge < -0.3 is 15.0 Å². The van der Waals surface area contributed by atoms with Crippen molar-refractivity contribution in [1.29, 1.82) is 0 Å². The van der Waals surface area contributed by atoms with E-state index in [1.54, 1.807) is 6.07 Å². The molecular formula is C21H23FN2O2.